The van der Waals surface area contributed by atoms with E-state index in [2.05, 4.69) is 24.0 Å². The number of nitrogen functional groups attached to an aromatic ring is 1. The molecule has 20 heavy (non-hydrogen) atoms. The second-order valence-electron chi connectivity index (χ2n) is 6.87. The van der Waals surface area contributed by atoms with E-state index in [1.54, 1.807) is 0 Å². The van der Waals surface area contributed by atoms with Gasteiger partial charge < -0.3 is 10.6 Å². The number of aryl methyl sites for hydroxylation is 2. The average molecular weight is 276 g/mol. The van der Waals surface area contributed by atoms with Crippen LogP contribution < -0.4 is 10.6 Å². The fraction of sp³-hybridized carbons (Fsp3) is 0.812. The highest BCUT2D eigenvalue weighted by atomic mass is 15.4. The number of anilines is 2. The molecule has 0 aliphatic heterocycles. The second kappa shape index (κ2) is 5.30. The molecule has 0 radical (unpaired) electrons. The second-order valence-corrected chi connectivity index (χ2v) is 6.87. The zero-order chi connectivity index (χ0) is 14.3. The fourth-order valence-corrected chi connectivity index (χ4v) is 4.50. The molecular formula is C16H28N4. The number of aromatic nitrogens is 2. The maximum Gasteiger partial charge on any atom is 0.150 e. The molecule has 4 nitrogen and oxygen atoms in total. The van der Waals surface area contributed by atoms with Crippen LogP contribution in [-0.2, 0) is 13.5 Å². The van der Waals surface area contributed by atoms with E-state index < -0.39 is 0 Å². The van der Waals surface area contributed by atoms with E-state index in [4.69, 9.17) is 5.73 Å². The van der Waals surface area contributed by atoms with Gasteiger partial charge in [0, 0.05) is 20.6 Å². The summed E-state index contributed by atoms with van der Waals surface area (Å²) in [6.45, 7) is 3.31. The van der Waals surface area contributed by atoms with Crippen LogP contribution in [0.25, 0.3) is 0 Å². The molecule has 1 aromatic heterocycles. The van der Waals surface area contributed by atoms with E-state index >= 15 is 0 Å². The Morgan fingerprint density at radius 1 is 1.35 bits per heavy atom. The Hall–Kier alpha value is -1.19. The Morgan fingerprint density at radius 2 is 2.15 bits per heavy atom. The highest BCUT2D eigenvalue weighted by Crippen LogP contribution is 2.48. The minimum absolute atomic E-state index is 0.864. The van der Waals surface area contributed by atoms with Crippen molar-refractivity contribution in [3.63, 3.8) is 0 Å². The van der Waals surface area contributed by atoms with Crippen LogP contribution in [0.15, 0.2) is 0 Å². The van der Waals surface area contributed by atoms with Crippen LogP contribution in [-0.4, -0.2) is 23.4 Å². The van der Waals surface area contributed by atoms with E-state index in [1.165, 1.54) is 25.7 Å². The van der Waals surface area contributed by atoms with Gasteiger partial charge in [-0.1, -0.05) is 19.8 Å². The van der Waals surface area contributed by atoms with Gasteiger partial charge in [-0.2, -0.15) is 5.10 Å². The molecular weight excluding hydrogens is 248 g/mol. The lowest BCUT2D eigenvalue weighted by Crippen LogP contribution is -2.30. The minimum Gasteiger partial charge on any atom is -0.394 e. The summed E-state index contributed by atoms with van der Waals surface area (Å²) in [5.41, 5.74) is 8.27. The predicted molar refractivity (Wildman–Crippen MR) is 83.8 cm³/mol. The third-order valence-corrected chi connectivity index (χ3v) is 5.37. The molecule has 3 rings (SSSR count). The zero-order valence-corrected chi connectivity index (χ0v) is 13.1. The van der Waals surface area contributed by atoms with Crippen LogP contribution in [0.3, 0.4) is 0 Å². The number of nitrogens with two attached hydrogens (primary N) is 1. The summed E-state index contributed by atoms with van der Waals surface area (Å²) in [5.74, 6) is 3.95. The highest BCUT2D eigenvalue weighted by Gasteiger charge is 2.40. The Morgan fingerprint density at radius 3 is 2.75 bits per heavy atom. The molecule has 2 aliphatic carbocycles. The molecule has 1 aromatic rings. The number of rotatable bonds is 5. The summed E-state index contributed by atoms with van der Waals surface area (Å²) in [4.78, 5) is 2.34. The topological polar surface area (TPSA) is 47.1 Å². The molecule has 3 atom stereocenters. The standard InChI is InChI=1S/C16H28N4/c1-4-5-14-15(17)16(20(3)18-14)19(2)10-13-9-11-6-7-12(13)8-11/h11-13H,4-10,17H2,1-3H3. The van der Waals surface area contributed by atoms with Gasteiger partial charge >= 0.3 is 0 Å². The van der Waals surface area contributed by atoms with Crippen molar-refractivity contribution in [3.8, 4) is 0 Å². The first-order chi connectivity index (χ1) is 9.60. The first-order valence-electron chi connectivity index (χ1n) is 8.12. The third-order valence-electron chi connectivity index (χ3n) is 5.37. The maximum atomic E-state index is 6.32. The molecule has 4 heteroatoms. The summed E-state index contributed by atoms with van der Waals surface area (Å²) < 4.78 is 1.97. The molecule has 0 saturated heterocycles. The third kappa shape index (κ3) is 2.29. The van der Waals surface area contributed by atoms with E-state index in [0.717, 1.165) is 54.3 Å². The van der Waals surface area contributed by atoms with Gasteiger partial charge in [-0.05, 0) is 43.4 Å². The van der Waals surface area contributed by atoms with Gasteiger partial charge in [0.1, 0.15) is 5.82 Å². The van der Waals surface area contributed by atoms with Gasteiger partial charge in [0.25, 0.3) is 0 Å². The zero-order valence-electron chi connectivity index (χ0n) is 13.1. The van der Waals surface area contributed by atoms with Crippen molar-refractivity contribution in [1.29, 1.82) is 0 Å². The molecule has 0 amide bonds. The molecule has 1 heterocycles. The lowest BCUT2D eigenvalue weighted by atomic mass is 9.88. The summed E-state index contributed by atoms with van der Waals surface area (Å²) in [6.07, 6.45) is 7.89. The van der Waals surface area contributed by atoms with Crippen molar-refractivity contribution in [2.45, 2.75) is 45.4 Å². The summed E-state index contributed by atoms with van der Waals surface area (Å²) in [7, 11) is 4.19. The first-order valence-corrected chi connectivity index (χ1v) is 8.12. The van der Waals surface area contributed by atoms with Crippen LogP contribution in [0.2, 0.25) is 0 Å². The number of nitrogens with zero attached hydrogens (tertiary/aromatic N) is 3. The van der Waals surface area contributed by atoms with Crippen molar-refractivity contribution in [3.05, 3.63) is 5.69 Å². The number of hydrogen-bond donors (Lipinski definition) is 1. The Kier molecular flexibility index (Phi) is 3.65. The number of hydrogen-bond acceptors (Lipinski definition) is 3. The largest absolute Gasteiger partial charge is 0.394 e. The Balaban J connectivity index is 1.72. The highest BCUT2D eigenvalue weighted by molar-refractivity contribution is 5.66. The van der Waals surface area contributed by atoms with Crippen molar-refractivity contribution in [1.82, 2.24) is 9.78 Å². The van der Waals surface area contributed by atoms with Gasteiger partial charge in [-0.15, -0.1) is 0 Å². The van der Waals surface area contributed by atoms with Gasteiger partial charge in [0.2, 0.25) is 0 Å². The van der Waals surface area contributed by atoms with Crippen LogP contribution in [0, 0.1) is 17.8 Å². The normalized spacial score (nSPS) is 28.2. The van der Waals surface area contributed by atoms with E-state index in [-0.39, 0.29) is 0 Å². The van der Waals surface area contributed by atoms with Gasteiger partial charge in [-0.3, -0.25) is 4.68 Å². The smallest absolute Gasteiger partial charge is 0.150 e. The van der Waals surface area contributed by atoms with Crippen molar-refractivity contribution in [2.75, 3.05) is 24.2 Å². The molecule has 2 bridgehead atoms. The summed E-state index contributed by atoms with van der Waals surface area (Å²) in [6, 6.07) is 0. The lowest BCUT2D eigenvalue weighted by Gasteiger charge is -2.28. The van der Waals surface area contributed by atoms with E-state index in [1.807, 2.05) is 11.7 Å². The minimum atomic E-state index is 0.864. The summed E-state index contributed by atoms with van der Waals surface area (Å²) in [5, 5.41) is 4.59. The van der Waals surface area contributed by atoms with Crippen molar-refractivity contribution >= 4 is 11.5 Å². The van der Waals surface area contributed by atoms with Crippen LogP contribution >= 0.6 is 0 Å². The molecule has 2 saturated carbocycles. The fourth-order valence-electron chi connectivity index (χ4n) is 4.50. The Bertz CT molecular complexity index is 479. The van der Waals surface area contributed by atoms with Crippen LogP contribution in [0.5, 0.6) is 0 Å². The van der Waals surface area contributed by atoms with Crippen LogP contribution in [0.4, 0.5) is 11.5 Å². The van der Waals surface area contributed by atoms with Gasteiger partial charge in [0.05, 0.1) is 11.4 Å². The Labute approximate surface area is 122 Å². The molecule has 0 aromatic carbocycles. The molecule has 0 spiro atoms. The van der Waals surface area contributed by atoms with Gasteiger partial charge in [0.15, 0.2) is 0 Å². The van der Waals surface area contributed by atoms with Gasteiger partial charge in [-0.25, -0.2) is 0 Å². The quantitative estimate of drug-likeness (QED) is 0.899. The average Bonchev–Trinajstić information content (AvgIpc) is 3.06. The monoisotopic (exact) mass is 276 g/mol. The summed E-state index contributed by atoms with van der Waals surface area (Å²) >= 11 is 0. The lowest BCUT2D eigenvalue weighted by molar-refractivity contribution is 0.336. The molecule has 2 N–H and O–H groups in total. The van der Waals surface area contributed by atoms with E-state index in [0.29, 0.717) is 0 Å². The van der Waals surface area contributed by atoms with Crippen LogP contribution in [0.1, 0.15) is 44.7 Å². The molecule has 3 unspecified atom stereocenters. The first kappa shape index (κ1) is 13.8. The molecule has 112 valence electrons. The SMILES string of the molecule is CCCc1nn(C)c(N(C)CC2CC3CCC2C3)c1N. The molecule has 2 aliphatic rings. The van der Waals surface area contributed by atoms with Crippen molar-refractivity contribution < 1.29 is 0 Å². The predicted octanol–water partition coefficient (Wildman–Crippen LogP) is 2.83. The number of fused-ring (bicyclic) bond motifs is 2. The maximum absolute atomic E-state index is 6.32. The van der Waals surface area contributed by atoms with E-state index in [9.17, 15) is 0 Å². The van der Waals surface area contributed by atoms with Crippen molar-refractivity contribution in [2.24, 2.45) is 24.8 Å². The molecule has 2 fully saturated rings.